The molecule has 2 fully saturated rings. The van der Waals surface area contributed by atoms with Gasteiger partial charge in [-0.25, -0.2) is 9.59 Å². The Morgan fingerprint density at radius 2 is 1.65 bits per heavy atom. The van der Waals surface area contributed by atoms with Gasteiger partial charge in [0.1, 0.15) is 47.4 Å². The van der Waals surface area contributed by atoms with Crippen molar-refractivity contribution in [3.8, 4) is 5.75 Å². The molecule has 0 aromatic heterocycles. The topological polar surface area (TPSA) is 246 Å². The molecule has 0 amide bonds. The van der Waals surface area contributed by atoms with Gasteiger partial charge in [0.2, 0.25) is 0 Å². The molecule has 17 nitrogen and oxygen atoms in total. The van der Waals surface area contributed by atoms with Crippen LogP contribution in [0.15, 0.2) is 70.9 Å². The number of esters is 3. The Bertz CT molecular complexity index is 2060. The van der Waals surface area contributed by atoms with Crippen LogP contribution in [0.2, 0.25) is 5.02 Å². The van der Waals surface area contributed by atoms with Crippen LogP contribution in [0.5, 0.6) is 5.75 Å². The predicted octanol–water partition coefficient (Wildman–Crippen LogP) is 5.23. The first kappa shape index (κ1) is 56.6. The molecular weight excluding hydrogens is 908 g/mol. The van der Waals surface area contributed by atoms with Crippen LogP contribution in [0, 0.1) is 18.8 Å². The molecule has 0 radical (unpaired) electrons. The second-order valence-electron chi connectivity index (χ2n) is 18.5. The van der Waals surface area contributed by atoms with E-state index >= 15 is 0 Å². The smallest absolute Gasteiger partial charge is 0.342 e. The summed E-state index contributed by atoms with van der Waals surface area (Å²) in [5.74, 6) is -3.65. The summed E-state index contributed by atoms with van der Waals surface area (Å²) < 4.78 is 47.0. The van der Waals surface area contributed by atoms with E-state index in [1.807, 2.05) is 32.9 Å². The molecule has 3 aliphatic rings. The number of hydrogen-bond acceptors (Lipinski definition) is 17. The van der Waals surface area contributed by atoms with Gasteiger partial charge in [0.15, 0.2) is 24.8 Å². The van der Waals surface area contributed by atoms with Gasteiger partial charge in [0.25, 0.3) is 0 Å². The Morgan fingerprint density at radius 3 is 2.28 bits per heavy atom. The van der Waals surface area contributed by atoms with Crippen molar-refractivity contribution in [3.05, 3.63) is 87.0 Å². The summed E-state index contributed by atoms with van der Waals surface area (Å²) >= 11 is 6.01. The Labute approximate surface area is 403 Å². The van der Waals surface area contributed by atoms with E-state index in [0.717, 1.165) is 0 Å². The summed E-state index contributed by atoms with van der Waals surface area (Å²) in [6.45, 7) is 16.3. The summed E-state index contributed by atoms with van der Waals surface area (Å²) in [4.78, 5) is 39.4. The third-order valence-electron chi connectivity index (χ3n) is 12.2. The van der Waals surface area contributed by atoms with Gasteiger partial charge in [0.05, 0.1) is 48.0 Å². The van der Waals surface area contributed by atoms with E-state index in [9.17, 15) is 45.0 Å². The number of aliphatic hydroxyl groups excluding tert-OH is 5. The second kappa shape index (κ2) is 25.2. The van der Waals surface area contributed by atoms with E-state index in [1.165, 1.54) is 32.2 Å². The molecule has 4 rings (SSSR count). The average Bonchev–Trinajstić information content (AvgIpc) is 3.27. The largest absolute Gasteiger partial charge is 0.505 e. The van der Waals surface area contributed by atoms with E-state index in [2.05, 4.69) is 0 Å². The monoisotopic (exact) mass is 978 g/mol. The number of aliphatic hydroxyl groups is 5. The van der Waals surface area contributed by atoms with Crippen LogP contribution in [0.3, 0.4) is 0 Å². The zero-order valence-corrected chi connectivity index (χ0v) is 41.5. The number of aryl methyl sites for hydroxylation is 1. The first-order valence-electron chi connectivity index (χ1n) is 22.9. The fourth-order valence-corrected chi connectivity index (χ4v) is 8.14. The van der Waals surface area contributed by atoms with Crippen molar-refractivity contribution < 1.29 is 82.9 Å². The maximum absolute atomic E-state index is 13.8. The minimum Gasteiger partial charge on any atom is -0.505 e. The molecule has 0 aliphatic carbocycles. The molecule has 1 aromatic carbocycles. The molecule has 1 aromatic rings. The quantitative estimate of drug-likeness (QED) is 0.0892. The van der Waals surface area contributed by atoms with Crippen LogP contribution >= 0.6 is 11.6 Å². The molecule has 3 aliphatic heterocycles. The van der Waals surface area contributed by atoms with Crippen molar-refractivity contribution >= 4 is 29.5 Å². The Balaban J connectivity index is 1.58. The Hall–Kier alpha value is -3.98. The minimum atomic E-state index is -1.59. The number of methoxy groups -OCH3 is 1. The number of cyclic esters (lactones) is 1. The number of rotatable bonds is 12. The molecule has 0 unspecified atom stereocenters. The molecule has 0 bridgehead atoms. The highest BCUT2D eigenvalue weighted by molar-refractivity contribution is 6.32. The normalized spacial score (nSPS) is 33.1. The molecule has 18 heteroatoms. The van der Waals surface area contributed by atoms with Gasteiger partial charge in [-0.05, 0) is 90.2 Å². The van der Waals surface area contributed by atoms with Crippen molar-refractivity contribution in [3.63, 3.8) is 0 Å². The van der Waals surface area contributed by atoms with Crippen molar-refractivity contribution in [1.29, 1.82) is 0 Å². The molecule has 6 N–H and O–H groups in total. The second-order valence-corrected chi connectivity index (χ2v) is 18.9. The third-order valence-corrected chi connectivity index (χ3v) is 12.5. The number of aromatic hydroxyl groups is 1. The SMILES string of the molecule is CC[C@H]1C=C(C)[C@@H](O)CC=CC=C(CO[C@@H]2OC[C@@H](OC(=O)c3c(C)ccc(Cl)c3O)[C@H](O)[C@@H]2OC)C(=O)O[C@H]([C@@H](C)O)C/C=C(C)\C=C(\C)[C@@H]1O[C@@H]1OC(C)(C)[C@@H](OC(=O)C(C)C)[C@H](O)[C@@H]1O. The maximum atomic E-state index is 13.8. The predicted molar refractivity (Wildman–Crippen MR) is 249 cm³/mol. The number of ether oxygens (including phenoxy) is 8. The van der Waals surface area contributed by atoms with E-state index in [0.29, 0.717) is 28.7 Å². The first-order valence-corrected chi connectivity index (χ1v) is 23.3. The Morgan fingerprint density at radius 1 is 0.956 bits per heavy atom. The van der Waals surface area contributed by atoms with Crippen LogP contribution in [0.25, 0.3) is 0 Å². The van der Waals surface area contributed by atoms with Gasteiger partial charge in [-0.2, -0.15) is 0 Å². The molecule has 2 saturated heterocycles. The van der Waals surface area contributed by atoms with Gasteiger partial charge in [0, 0.05) is 19.4 Å². The molecule has 68 heavy (non-hydrogen) atoms. The van der Waals surface area contributed by atoms with E-state index in [4.69, 9.17) is 49.5 Å². The van der Waals surface area contributed by atoms with E-state index in [-0.39, 0.29) is 41.5 Å². The molecule has 380 valence electrons. The van der Waals surface area contributed by atoms with Crippen molar-refractivity contribution in [2.45, 2.75) is 168 Å². The van der Waals surface area contributed by atoms with Crippen molar-refractivity contribution in [1.82, 2.24) is 0 Å². The summed E-state index contributed by atoms with van der Waals surface area (Å²) in [6.07, 6.45) is -3.79. The zero-order chi connectivity index (χ0) is 50.8. The van der Waals surface area contributed by atoms with Gasteiger partial charge in [-0.15, -0.1) is 0 Å². The van der Waals surface area contributed by atoms with Gasteiger partial charge < -0.3 is 68.5 Å². The number of hydrogen-bond donors (Lipinski definition) is 6. The lowest BCUT2D eigenvalue weighted by molar-refractivity contribution is -0.333. The highest BCUT2D eigenvalue weighted by atomic mass is 35.5. The van der Waals surface area contributed by atoms with Crippen LogP contribution in [-0.4, -0.2) is 148 Å². The highest BCUT2D eigenvalue weighted by Gasteiger charge is 2.53. The third kappa shape index (κ3) is 14.5. The van der Waals surface area contributed by atoms with Gasteiger partial charge >= 0.3 is 17.9 Å². The van der Waals surface area contributed by atoms with Crippen LogP contribution < -0.4 is 0 Å². The number of phenolic OH excluding ortho intramolecular Hbond substituents is 1. The lowest BCUT2D eigenvalue weighted by atomic mass is 9.88. The van der Waals surface area contributed by atoms with Crippen molar-refractivity contribution in [2.24, 2.45) is 11.8 Å². The van der Waals surface area contributed by atoms with Gasteiger partial charge in [-0.3, -0.25) is 4.79 Å². The molecule has 3 heterocycles. The molecule has 0 spiro atoms. The fourth-order valence-electron chi connectivity index (χ4n) is 7.98. The number of carbonyl (C=O) groups excluding carboxylic acids is 3. The number of halogens is 1. The summed E-state index contributed by atoms with van der Waals surface area (Å²) in [7, 11) is 1.29. The minimum absolute atomic E-state index is 0.00419. The molecule has 0 saturated carbocycles. The van der Waals surface area contributed by atoms with Crippen molar-refractivity contribution in [2.75, 3.05) is 20.3 Å². The number of phenols is 1. The van der Waals surface area contributed by atoms with Crippen LogP contribution in [0.4, 0.5) is 0 Å². The average molecular weight is 980 g/mol. The first-order chi connectivity index (χ1) is 31.9. The maximum Gasteiger partial charge on any atom is 0.342 e. The standard InChI is InChI=1S/C50H71ClO17/c1-12-31-22-28(6)34(53)16-14-13-15-32(23-62-49-43(61-11)39(55)36(24-63-49)65-47(60)37-27(5)18-19-33(51)38(37)54)46(59)64-35(30(8)52)20-17-26(4)21-29(7)42(31)66-48-41(57)40(56)44(50(9,10)68-48)67-45(58)25(2)3/h13-15,17-19,21-22,25,30-31,34-36,39-44,48-49,52-57H,12,16,20,23-24H2,1-11H3/b14-13?,26-17-,28-22?,29-21-,32-15?/t30-,31+,34+,35+,36-,39+,40-,41+,42+,43+,44+,48-,49-/m1/s1. The zero-order valence-electron chi connectivity index (χ0n) is 40.8. The summed E-state index contributed by atoms with van der Waals surface area (Å²) in [5.41, 5.74) is 0.980. The Kier molecular flexibility index (Phi) is 21.0. The fraction of sp³-hybridized carbons (Fsp3) is 0.620. The van der Waals surface area contributed by atoms with Gasteiger partial charge in [-0.1, -0.05) is 74.4 Å². The lowest BCUT2D eigenvalue weighted by Gasteiger charge is -2.47. The lowest BCUT2D eigenvalue weighted by Crippen LogP contribution is -2.64. The highest BCUT2D eigenvalue weighted by Crippen LogP contribution is 2.36. The van der Waals surface area contributed by atoms with Crippen LogP contribution in [-0.2, 0) is 47.5 Å². The number of allylic oxidation sites excluding steroid dienone is 4. The van der Waals surface area contributed by atoms with Crippen LogP contribution in [0.1, 0.15) is 97.5 Å². The molecule has 13 atom stereocenters. The van der Waals surface area contributed by atoms with E-state index in [1.54, 1.807) is 59.8 Å². The number of benzene rings is 1. The molecular formula is C50H71ClO17. The number of carbonyl (C=O) groups is 3. The summed E-state index contributed by atoms with van der Waals surface area (Å²) in [5, 5.41) is 66.3. The van der Waals surface area contributed by atoms with E-state index < -0.39 is 115 Å². The summed E-state index contributed by atoms with van der Waals surface area (Å²) in [6, 6.07) is 2.97.